The molecule has 0 aliphatic carbocycles. The van der Waals surface area contributed by atoms with Crippen LogP contribution in [-0.4, -0.2) is 14.1 Å². The van der Waals surface area contributed by atoms with Crippen molar-refractivity contribution in [3.63, 3.8) is 0 Å². The first-order valence-electron chi connectivity index (χ1n) is 16.2. The van der Waals surface area contributed by atoms with E-state index in [1.807, 2.05) is 6.07 Å². The van der Waals surface area contributed by atoms with E-state index >= 15 is 0 Å². The van der Waals surface area contributed by atoms with Crippen LogP contribution in [0, 0.1) is 11.3 Å². The lowest BCUT2D eigenvalue weighted by molar-refractivity contribution is -0.138. The molecule has 0 radical (unpaired) electrons. The Labute approximate surface area is 306 Å². The molecule has 0 atom stereocenters. The Kier molecular flexibility index (Phi) is 7.98. The lowest BCUT2D eigenvalue weighted by atomic mass is 9.99. The van der Waals surface area contributed by atoms with Gasteiger partial charge in [0, 0.05) is 45.1 Å². The molecule has 282 valence electrons. The number of pyridine rings is 1. The number of fused-ring (bicyclic) bond motifs is 6. The summed E-state index contributed by atoms with van der Waals surface area (Å²) < 4.78 is 171. The van der Waals surface area contributed by atoms with Gasteiger partial charge in [0.25, 0.3) is 0 Å². The molecule has 5 aromatic carbocycles. The molecule has 4 nitrogen and oxygen atoms in total. The number of benzene rings is 5. The Balaban J connectivity index is 1.57. The summed E-state index contributed by atoms with van der Waals surface area (Å²) in [5.41, 5.74) is -4.37. The highest BCUT2D eigenvalue weighted by molar-refractivity contribution is 6.12. The zero-order chi connectivity index (χ0) is 40.1. The maximum absolute atomic E-state index is 14.0. The van der Waals surface area contributed by atoms with Crippen LogP contribution in [0.4, 0.5) is 52.7 Å². The Morgan fingerprint density at radius 2 is 0.821 bits per heavy atom. The summed E-state index contributed by atoms with van der Waals surface area (Å²) in [6.45, 7) is 0. The number of hydrogen-bond donors (Lipinski definition) is 0. The summed E-state index contributed by atoms with van der Waals surface area (Å²) >= 11 is 0. The molecule has 0 saturated carbocycles. The predicted octanol–water partition coefficient (Wildman–Crippen LogP) is 12.9. The molecule has 8 rings (SSSR count). The van der Waals surface area contributed by atoms with Crippen LogP contribution in [0.25, 0.3) is 66.1 Å². The molecular formula is C40H18F12N4. The zero-order valence-corrected chi connectivity index (χ0v) is 27.7. The zero-order valence-electron chi connectivity index (χ0n) is 27.7. The predicted molar refractivity (Wildman–Crippen MR) is 183 cm³/mol. The highest BCUT2D eigenvalue weighted by Gasteiger charge is 2.36. The van der Waals surface area contributed by atoms with Crippen molar-refractivity contribution in [2.45, 2.75) is 24.7 Å². The Bertz CT molecular complexity index is 2780. The van der Waals surface area contributed by atoms with Gasteiger partial charge in [0.1, 0.15) is 0 Å². The first-order valence-corrected chi connectivity index (χ1v) is 16.2. The van der Waals surface area contributed by atoms with Crippen molar-refractivity contribution < 1.29 is 52.7 Å². The lowest BCUT2D eigenvalue weighted by Crippen LogP contribution is -2.07. The molecule has 0 fully saturated rings. The van der Waals surface area contributed by atoms with Gasteiger partial charge in [-0.1, -0.05) is 6.07 Å². The van der Waals surface area contributed by atoms with Crippen molar-refractivity contribution in [2.24, 2.45) is 0 Å². The third-order valence-corrected chi connectivity index (χ3v) is 9.53. The number of halogens is 12. The van der Waals surface area contributed by atoms with Gasteiger partial charge in [0.2, 0.25) is 0 Å². The molecule has 0 amide bonds. The second kappa shape index (κ2) is 12.3. The molecule has 16 heteroatoms. The molecule has 0 unspecified atom stereocenters. The van der Waals surface area contributed by atoms with E-state index in [1.165, 1.54) is 33.7 Å². The standard InChI is InChI=1S/C40H18F12N4/c41-37(42,43)22-3-7-31-27(13-22)28-14-23(38(44,45)46)4-8-32(28)55(31)35-12-21(18-53)26(20-2-1-11-54-19-20)17-36(35)56-33-9-5-24(39(47,48)49)15-29(33)30-16-25(40(50,51)52)6-10-34(30)56/h1-17,19H. The summed E-state index contributed by atoms with van der Waals surface area (Å²) in [6.07, 6.45) is -16.8. The summed E-state index contributed by atoms with van der Waals surface area (Å²) in [4.78, 5) is 4.09. The average Bonchev–Trinajstić information content (AvgIpc) is 3.64. The maximum atomic E-state index is 14.0. The van der Waals surface area contributed by atoms with E-state index in [2.05, 4.69) is 4.98 Å². The van der Waals surface area contributed by atoms with E-state index in [0.29, 0.717) is 29.8 Å². The number of hydrogen-bond acceptors (Lipinski definition) is 2. The highest BCUT2D eigenvalue weighted by Crippen LogP contribution is 2.45. The van der Waals surface area contributed by atoms with Crippen LogP contribution < -0.4 is 0 Å². The second-order valence-electron chi connectivity index (χ2n) is 12.8. The summed E-state index contributed by atoms with van der Waals surface area (Å²) in [6, 6.07) is 17.7. The van der Waals surface area contributed by atoms with Gasteiger partial charge in [-0.25, -0.2) is 0 Å². The minimum Gasteiger partial charge on any atom is -0.307 e. The molecule has 3 heterocycles. The Morgan fingerprint density at radius 3 is 1.12 bits per heavy atom. The monoisotopic (exact) mass is 782 g/mol. The Hall–Kier alpha value is -6.50. The fourth-order valence-electron chi connectivity index (χ4n) is 7.06. The van der Waals surface area contributed by atoms with Gasteiger partial charge >= 0.3 is 24.7 Å². The maximum Gasteiger partial charge on any atom is 0.416 e. The molecule has 3 aromatic heterocycles. The fourth-order valence-corrected chi connectivity index (χ4v) is 7.06. The van der Waals surface area contributed by atoms with Crippen molar-refractivity contribution in [1.82, 2.24) is 14.1 Å². The Morgan fingerprint density at radius 1 is 0.464 bits per heavy atom. The van der Waals surface area contributed by atoms with Gasteiger partial charge in [-0.15, -0.1) is 0 Å². The van der Waals surface area contributed by atoms with Gasteiger partial charge in [-0.3, -0.25) is 4.98 Å². The van der Waals surface area contributed by atoms with Crippen LogP contribution in [0.3, 0.4) is 0 Å². The first-order chi connectivity index (χ1) is 26.3. The van der Waals surface area contributed by atoms with E-state index in [-0.39, 0.29) is 66.1 Å². The van der Waals surface area contributed by atoms with Crippen molar-refractivity contribution in [3.8, 4) is 28.6 Å². The largest absolute Gasteiger partial charge is 0.416 e. The normalized spacial score (nSPS) is 13.0. The average molecular weight is 783 g/mol. The number of nitrogens with zero attached hydrogens (tertiary/aromatic N) is 4. The molecule has 0 saturated heterocycles. The molecule has 8 aromatic rings. The van der Waals surface area contributed by atoms with Gasteiger partial charge in [-0.2, -0.15) is 57.9 Å². The molecule has 0 aliphatic rings. The highest BCUT2D eigenvalue weighted by atomic mass is 19.4. The molecule has 0 bridgehead atoms. The molecule has 0 N–H and O–H groups in total. The third kappa shape index (κ3) is 5.94. The van der Waals surface area contributed by atoms with Gasteiger partial charge in [-0.05, 0) is 91.0 Å². The number of aromatic nitrogens is 3. The number of alkyl halides is 12. The van der Waals surface area contributed by atoms with Crippen LogP contribution in [-0.2, 0) is 24.7 Å². The molecule has 0 aliphatic heterocycles. The van der Waals surface area contributed by atoms with Crippen molar-refractivity contribution >= 4 is 43.6 Å². The second-order valence-corrected chi connectivity index (χ2v) is 12.8. The minimum atomic E-state index is -4.90. The molecule has 0 spiro atoms. The van der Waals surface area contributed by atoms with Crippen LogP contribution in [0.1, 0.15) is 27.8 Å². The number of rotatable bonds is 3. The quantitative estimate of drug-likeness (QED) is 0.168. The summed E-state index contributed by atoms with van der Waals surface area (Å²) in [5.74, 6) is 0. The third-order valence-electron chi connectivity index (χ3n) is 9.53. The first kappa shape index (κ1) is 36.5. The topological polar surface area (TPSA) is 46.5 Å². The van der Waals surface area contributed by atoms with Gasteiger partial charge in [0.05, 0.1) is 67.3 Å². The smallest absolute Gasteiger partial charge is 0.307 e. The van der Waals surface area contributed by atoms with E-state index in [9.17, 15) is 57.9 Å². The minimum absolute atomic E-state index is 0.000895. The van der Waals surface area contributed by atoms with E-state index in [1.54, 1.807) is 12.1 Å². The van der Waals surface area contributed by atoms with E-state index in [0.717, 1.165) is 48.5 Å². The van der Waals surface area contributed by atoms with Crippen LogP contribution in [0.15, 0.2) is 109 Å². The fraction of sp³-hybridized carbons (Fsp3) is 0.100. The van der Waals surface area contributed by atoms with Gasteiger partial charge < -0.3 is 9.13 Å². The lowest BCUT2D eigenvalue weighted by Gasteiger charge is -2.20. The van der Waals surface area contributed by atoms with Crippen LogP contribution in [0.5, 0.6) is 0 Å². The number of nitriles is 1. The van der Waals surface area contributed by atoms with E-state index in [4.69, 9.17) is 0 Å². The molecular weight excluding hydrogens is 764 g/mol. The summed E-state index contributed by atoms with van der Waals surface area (Å²) in [5, 5.41) is 9.41. The van der Waals surface area contributed by atoms with Crippen molar-refractivity contribution in [3.05, 3.63) is 137 Å². The SMILES string of the molecule is N#Cc1cc(-n2c3ccc(C(F)(F)F)cc3c3cc(C(F)(F)F)ccc32)c(-n2c3ccc(C(F)(F)F)cc3c3cc(C(F)(F)F)ccc32)cc1-c1cccnc1. The van der Waals surface area contributed by atoms with E-state index < -0.39 is 47.0 Å². The molecule has 56 heavy (non-hydrogen) atoms. The van der Waals surface area contributed by atoms with Gasteiger partial charge in [0.15, 0.2) is 0 Å². The summed E-state index contributed by atoms with van der Waals surface area (Å²) in [7, 11) is 0. The van der Waals surface area contributed by atoms with Crippen molar-refractivity contribution in [2.75, 3.05) is 0 Å². The van der Waals surface area contributed by atoms with Crippen LogP contribution >= 0.6 is 0 Å². The van der Waals surface area contributed by atoms with Crippen LogP contribution in [0.2, 0.25) is 0 Å². The van der Waals surface area contributed by atoms with Crippen molar-refractivity contribution in [1.29, 1.82) is 5.26 Å².